The molecule has 0 aliphatic carbocycles. The largest absolute Gasteiger partial charge is 0.494 e. The molecule has 3 N–H and O–H groups in total. The molecule has 0 saturated carbocycles. The maximum atomic E-state index is 13.2. The lowest BCUT2D eigenvalue weighted by atomic mass is 10.0. The number of benzene rings is 2. The number of ketones is 1. The fourth-order valence-electron chi connectivity index (χ4n) is 3.98. The Hall–Kier alpha value is -4.06. The van der Waals surface area contributed by atoms with Crippen LogP contribution in [-0.4, -0.2) is 72.3 Å². The first-order chi connectivity index (χ1) is 20.5. The van der Waals surface area contributed by atoms with Gasteiger partial charge >= 0.3 is 11.9 Å². The summed E-state index contributed by atoms with van der Waals surface area (Å²) in [6.07, 6.45) is -0.748. The fraction of sp³-hybridized carbons (Fsp3) is 0.452. The summed E-state index contributed by atoms with van der Waals surface area (Å²) >= 11 is 1.33. The van der Waals surface area contributed by atoms with Crippen molar-refractivity contribution in [1.82, 2.24) is 10.6 Å². The van der Waals surface area contributed by atoms with E-state index in [9.17, 15) is 29.1 Å². The van der Waals surface area contributed by atoms with Gasteiger partial charge < -0.3 is 30.0 Å². The molecule has 0 bridgehead atoms. The van der Waals surface area contributed by atoms with Crippen molar-refractivity contribution in [2.24, 2.45) is 5.92 Å². The van der Waals surface area contributed by atoms with Crippen LogP contribution >= 0.6 is 11.8 Å². The second kappa shape index (κ2) is 18.5. The summed E-state index contributed by atoms with van der Waals surface area (Å²) in [5.74, 6) is -2.38. The van der Waals surface area contributed by atoms with Crippen molar-refractivity contribution in [3.8, 4) is 11.5 Å². The number of nitrogens with one attached hydrogen (secondary N) is 2. The maximum absolute atomic E-state index is 13.2. The Kier molecular flexibility index (Phi) is 15.1. The number of rotatable bonds is 19. The third-order valence-electron chi connectivity index (χ3n) is 6.05. The Labute approximate surface area is 256 Å². The van der Waals surface area contributed by atoms with Crippen LogP contribution in [0.3, 0.4) is 0 Å². The summed E-state index contributed by atoms with van der Waals surface area (Å²) in [5.41, 5.74) is 1.49. The third-order valence-corrected chi connectivity index (χ3v) is 7.08. The van der Waals surface area contributed by atoms with Crippen LogP contribution < -0.4 is 20.1 Å². The molecule has 0 radical (unpaired) electrons. The summed E-state index contributed by atoms with van der Waals surface area (Å²) < 4.78 is 16.0. The Morgan fingerprint density at radius 2 is 1.65 bits per heavy atom. The SMILES string of the molecule is CCOC(=O)COc1ccc(OCC)c(CC(=O)NC(C(=O)NC(CC(=O)O)C(=O)CSCc2ccccc2)C(C)C)c1. The summed E-state index contributed by atoms with van der Waals surface area (Å²) in [7, 11) is 0. The van der Waals surface area contributed by atoms with Crippen LogP contribution in [0.25, 0.3) is 0 Å². The number of ether oxygens (including phenoxy) is 3. The summed E-state index contributed by atoms with van der Waals surface area (Å²) in [6.45, 7) is 7.20. The van der Waals surface area contributed by atoms with Crippen LogP contribution in [0.2, 0.25) is 0 Å². The van der Waals surface area contributed by atoms with Crippen molar-refractivity contribution >= 4 is 41.3 Å². The minimum absolute atomic E-state index is 0.0145. The standard InChI is InChI=1S/C31H40N2O9S/c1-5-40-26-13-12-23(42-17-29(38)41-6-2)14-22(26)15-27(35)33-30(20(3)4)31(39)32-24(16-28(36)37)25(34)19-43-18-21-10-8-7-9-11-21/h7-14,20,24,30H,5-6,15-19H2,1-4H3,(H,32,39)(H,33,35)(H,36,37). The molecule has 11 nitrogen and oxygen atoms in total. The molecule has 0 aliphatic heterocycles. The normalized spacial score (nSPS) is 12.1. The minimum atomic E-state index is -1.25. The van der Waals surface area contributed by atoms with E-state index in [4.69, 9.17) is 14.2 Å². The highest BCUT2D eigenvalue weighted by Gasteiger charge is 2.30. The number of esters is 1. The quantitative estimate of drug-likeness (QED) is 0.200. The molecule has 2 unspecified atom stereocenters. The zero-order valence-corrected chi connectivity index (χ0v) is 25.7. The first kappa shape index (κ1) is 35.1. The Bertz CT molecular complexity index is 1240. The predicted octanol–water partition coefficient (Wildman–Crippen LogP) is 3.17. The minimum Gasteiger partial charge on any atom is -0.494 e. The third kappa shape index (κ3) is 12.8. The monoisotopic (exact) mass is 616 g/mol. The average molecular weight is 617 g/mol. The lowest BCUT2D eigenvalue weighted by molar-refractivity contribution is -0.145. The van der Waals surface area contributed by atoms with Crippen molar-refractivity contribution in [2.75, 3.05) is 25.6 Å². The lowest BCUT2D eigenvalue weighted by Gasteiger charge is -2.25. The number of hydrogen-bond acceptors (Lipinski definition) is 9. The molecule has 0 spiro atoms. The number of aliphatic carboxylic acids is 1. The van der Waals surface area contributed by atoms with Gasteiger partial charge in [0.1, 0.15) is 17.5 Å². The van der Waals surface area contributed by atoms with Crippen LogP contribution in [0, 0.1) is 5.92 Å². The van der Waals surface area contributed by atoms with E-state index in [1.54, 1.807) is 45.9 Å². The van der Waals surface area contributed by atoms with Crippen molar-refractivity contribution in [3.63, 3.8) is 0 Å². The van der Waals surface area contributed by atoms with Gasteiger partial charge in [0.15, 0.2) is 12.4 Å². The second-order valence-electron chi connectivity index (χ2n) is 9.87. The van der Waals surface area contributed by atoms with Gasteiger partial charge in [-0.25, -0.2) is 4.79 Å². The first-order valence-electron chi connectivity index (χ1n) is 14.0. The zero-order chi connectivity index (χ0) is 31.8. The van der Waals surface area contributed by atoms with Crippen molar-refractivity contribution in [1.29, 1.82) is 0 Å². The van der Waals surface area contributed by atoms with Crippen LogP contribution in [0.1, 0.15) is 45.2 Å². The van der Waals surface area contributed by atoms with Gasteiger partial charge in [0.25, 0.3) is 0 Å². The van der Waals surface area contributed by atoms with E-state index in [-0.39, 0.29) is 31.3 Å². The molecule has 2 aromatic carbocycles. The van der Waals surface area contributed by atoms with Gasteiger partial charge in [-0.2, -0.15) is 0 Å². The molecule has 0 aliphatic rings. The molecule has 2 rings (SSSR count). The Balaban J connectivity index is 2.08. The van der Waals surface area contributed by atoms with Crippen LogP contribution in [0.4, 0.5) is 0 Å². The van der Waals surface area contributed by atoms with Gasteiger partial charge in [-0.15, -0.1) is 11.8 Å². The number of Topliss-reactive ketones (excluding diaryl/α,β-unsaturated/α-hetero) is 1. The molecule has 0 saturated heterocycles. The van der Waals surface area contributed by atoms with E-state index >= 15 is 0 Å². The topological polar surface area (TPSA) is 157 Å². The van der Waals surface area contributed by atoms with E-state index < -0.39 is 48.0 Å². The van der Waals surface area contributed by atoms with Gasteiger partial charge in [0.05, 0.1) is 37.9 Å². The van der Waals surface area contributed by atoms with E-state index in [1.165, 1.54) is 11.8 Å². The van der Waals surface area contributed by atoms with E-state index in [0.717, 1.165) is 5.56 Å². The molecule has 2 aromatic rings. The highest BCUT2D eigenvalue weighted by Crippen LogP contribution is 2.25. The zero-order valence-electron chi connectivity index (χ0n) is 24.9. The van der Waals surface area contributed by atoms with Gasteiger partial charge in [0, 0.05) is 11.3 Å². The molecule has 12 heteroatoms. The number of carboxylic acid groups (broad SMARTS) is 1. The van der Waals surface area contributed by atoms with Gasteiger partial charge in [-0.05, 0) is 43.5 Å². The summed E-state index contributed by atoms with van der Waals surface area (Å²) in [4.78, 5) is 62.3. The van der Waals surface area contributed by atoms with E-state index in [2.05, 4.69) is 10.6 Å². The molecule has 0 aromatic heterocycles. The molecule has 43 heavy (non-hydrogen) atoms. The first-order valence-corrected chi connectivity index (χ1v) is 15.2. The molecule has 0 fully saturated rings. The number of carbonyl (C=O) groups excluding carboxylic acids is 4. The highest BCUT2D eigenvalue weighted by atomic mass is 32.2. The molecule has 2 amide bonds. The molecule has 234 valence electrons. The average Bonchev–Trinajstić information content (AvgIpc) is 2.96. The lowest BCUT2D eigenvalue weighted by Crippen LogP contribution is -2.54. The number of amides is 2. The fourth-order valence-corrected chi connectivity index (χ4v) is 4.92. The number of thioether (sulfide) groups is 1. The van der Waals surface area contributed by atoms with E-state index in [1.807, 2.05) is 30.3 Å². The summed E-state index contributed by atoms with van der Waals surface area (Å²) in [5, 5.41) is 14.6. The number of carbonyl (C=O) groups is 5. The Morgan fingerprint density at radius 1 is 0.930 bits per heavy atom. The van der Waals surface area contributed by atoms with Gasteiger partial charge in [-0.1, -0.05) is 44.2 Å². The van der Waals surface area contributed by atoms with Crippen LogP contribution in [-0.2, 0) is 40.9 Å². The number of carboxylic acids is 1. The predicted molar refractivity (Wildman–Crippen MR) is 162 cm³/mol. The van der Waals surface area contributed by atoms with Crippen molar-refractivity contribution in [2.45, 2.75) is 58.4 Å². The summed E-state index contributed by atoms with van der Waals surface area (Å²) in [6, 6.07) is 12.0. The van der Waals surface area contributed by atoms with Gasteiger partial charge in [-0.3, -0.25) is 19.2 Å². The smallest absolute Gasteiger partial charge is 0.344 e. The van der Waals surface area contributed by atoms with Crippen molar-refractivity contribution < 1.29 is 43.3 Å². The molecule has 0 heterocycles. The van der Waals surface area contributed by atoms with Crippen LogP contribution in [0.5, 0.6) is 11.5 Å². The number of hydrogen-bond donors (Lipinski definition) is 3. The second-order valence-corrected chi connectivity index (χ2v) is 10.9. The van der Waals surface area contributed by atoms with E-state index in [0.29, 0.717) is 29.4 Å². The molecular formula is C31H40N2O9S. The molecular weight excluding hydrogens is 576 g/mol. The van der Waals surface area contributed by atoms with Crippen molar-refractivity contribution in [3.05, 3.63) is 59.7 Å². The van der Waals surface area contributed by atoms with Gasteiger partial charge in [0.2, 0.25) is 11.8 Å². The maximum Gasteiger partial charge on any atom is 0.344 e. The van der Waals surface area contributed by atoms with Crippen LogP contribution in [0.15, 0.2) is 48.5 Å². The Morgan fingerprint density at radius 3 is 2.28 bits per heavy atom. The highest BCUT2D eigenvalue weighted by molar-refractivity contribution is 7.99. The molecule has 2 atom stereocenters.